The van der Waals surface area contributed by atoms with Crippen molar-refractivity contribution >= 4 is 70.0 Å². The largest absolute Gasteiger partial charge is 0.450 e. The maximum atomic E-state index is 14.8. The molecule has 3 aliphatic heterocycles. The molecule has 3 saturated heterocycles. The minimum Gasteiger partial charge on any atom is -0.450 e. The molecule has 5 aromatic rings. The van der Waals surface area contributed by atoms with Crippen LogP contribution < -0.4 is 16.5 Å². The van der Waals surface area contributed by atoms with Crippen LogP contribution in [0.2, 0.25) is 0 Å². The molecular formula is C48H47N9O10S2. The molecule has 4 aliphatic rings. The number of fused-ring (bicyclic) bond motifs is 1. The summed E-state index contributed by atoms with van der Waals surface area (Å²) < 4.78 is 22.0. The number of benzene rings is 4. The molecule has 4 N–H and O–H groups in total. The highest BCUT2D eigenvalue weighted by Crippen LogP contribution is 2.51. The van der Waals surface area contributed by atoms with Gasteiger partial charge in [-0.05, 0) is 43.0 Å². The Balaban J connectivity index is 0.984. The van der Waals surface area contributed by atoms with E-state index in [4.69, 9.17) is 24.9 Å². The van der Waals surface area contributed by atoms with E-state index in [1.807, 2.05) is 121 Å². The Labute approximate surface area is 404 Å². The van der Waals surface area contributed by atoms with Gasteiger partial charge in [-0.15, -0.1) is 0 Å². The van der Waals surface area contributed by atoms with Gasteiger partial charge in [-0.2, -0.15) is 9.36 Å². The number of hydrogen-bond donors (Lipinski definition) is 3. The summed E-state index contributed by atoms with van der Waals surface area (Å²) in [6.45, 7) is 4.95. The van der Waals surface area contributed by atoms with Crippen molar-refractivity contribution in [3.8, 4) is 0 Å². The van der Waals surface area contributed by atoms with Gasteiger partial charge in [0.15, 0.2) is 12.2 Å². The first-order chi connectivity index (χ1) is 33.1. The molecule has 0 radical (unpaired) electrons. The average Bonchev–Trinajstić information content (AvgIpc) is 3.67. The Kier molecular flexibility index (Phi) is 12.8. The first kappa shape index (κ1) is 46.7. The second kappa shape index (κ2) is 19.0. The Morgan fingerprint density at radius 2 is 1.30 bits per heavy atom. The van der Waals surface area contributed by atoms with Crippen molar-refractivity contribution in [1.82, 2.24) is 29.5 Å². The third kappa shape index (κ3) is 9.70. The fourth-order valence-electron chi connectivity index (χ4n) is 8.00. The summed E-state index contributed by atoms with van der Waals surface area (Å²) in [5.41, 5.74) is -0.162. The smallest absolute Gasteiger partial charge is 0.414 e. The number of ether oxygens (including phenoxy) is 3. The number of β-lactam (4-membered cyclic amide) rings is 1. The number of nitrogens with one attached hydrogen (secondary N) is 2. The van der Waals surface area contributed by atoms with Crippen molar-refractivity contribution in [1.29, 1.82) is 0 Å². The minimum atomic E-state index is -1.78. The molecule has 69 heavy (non-hydrogen) atoms. The monoisotopic (exact) mass is 973 g/mol. The number of hydrogen-bond acceptors (Lipinski definition) is 16. The molecule has 4 aromatic carbocycles. The van der Waals surface area contributed by atoms with E-state index in [1.165, 1.54) is 9.80 Å². The third-order valence-electron chi connectivity index (χ3n) is 11.6. The maximum Gasteiger partial charge on any atom is 0.414 e. The van der Waals surface area contributed by atoms with Crippen LogP contribution in [0.5, 0.6) is 0 Å². The molecule has 21 heteroatoms. The summed E-state index contributed by atoms with van der Waals surface area (Å²) in [7, 11) is 0. The predicted molar refractivity (Wildman–Crippen MR) is 252 cm³/mol. The van der Waals surface area contributed by atoms with Gasteiger partial charge in [0, 0.05) is 30.9 Å². The summed E-state index contributed by atoms with van der Waals surface area (Å²) in [5.74, 6) is 2.66. The zero-order chi connectivity index (χ0) is 48.5. The number of amides is 5. The molecule has 9 rings (SSSR count). The van der Waals surface area contributed by atoms with Crippen LogP contribution in [0.1, 0.15) is 73.9 Å². The molecule has 19 nitrogen and oxygen atoms in total. The molecular weight excluding hydrogens is 927 g/mol. The molecule has 1 aliphatic carbocycles. The van der Waals surface area contributed by atoms with Crippen LogP contribution in [-0.4, -0.2) is 113 Å². The van der Waals surface area contributed by atoms with Gasteiger partial charge in [0.25, 0.3) is 5.91 Å². The van der Waals surface area contributed by atoms with Crippen molar-refractivity contribution in [2.45, 2.75) is 73.3 Å². The highest BCUT2D eigenvalue weighted by atomic mass is 32.2. The lowest BCUT2D eigenvalue weighted by atomic mass is 10.0. The molecule has 4 heterocycles. The Morgan fingerprint density at radius 3 is 1.78 bits per heavy atom. The van der Waals surface area contributed by atoms with E-state index in [9.17, 15) is 28.8 Å². The van der Waals surface area contributed by atoms with Gasteiger partial charge in [0.05, 0.1) is 13.1 Å². The number of hydrazine groups is 1. The van der Waals surface area contributed by atoms with Gasteiger partial charge in [0.1, 0.15) is 17.0 Å². The Morgan fingerprint density at radius 1 is 0.783 bits per heavy atom. The van der Waals surface area contributed by atoms with Crippen LogP contribution in [-0.2, 0) is 38.2 Å². The fraction of sp³-hybridized carbons (Fsp3) is 0.312. The van der Waals surface area contributed by atoms with Crippen LogP contribution in [0.25, 0.3) is 0 Å². The van der Waals surface area contributed by atoms with E-state index < -0.39 is 81.3 Å². The Bertz CT molecular complexity index is 2700. The summed E-state index contributed by atoms with van der Waals surface area (Å²) in [6, 6.07) is 34.7. The van der Waals surface area contributed by atoms with Crippen molar-refractivity contribution < 1.29 is 47.8 Å². The number of anilines is 1. The fourth-order valence-corrected chi connectivity index (χ4v) is 10.2. The second-order valence-electron chi connectivity index (χ2n) is 17.6. The van der Waals surface area contributed by atoms with E-state index >= 15 is 0 Å². The number of nitrogens with two attached hydrogens (primary N) is 1. The number of urea groups is 1. The lowest BCUT2D eigenvalue weighted by molar-refractivity contribution is -0.164. The normalized spacial score (nSPS) is 20.6. The standard InChI is InChI=1S/C48H47N9O10S2/c1-46(2,3)66-44(62)52-43-51-37(54-69-43)33(53-67-47(24-25-47)41(60)64-35(29-16-8-4-9-17-29)30-18-10-5-11-19-30)38(58)50-34-39(59)55-28-48(68-40(34)55,56-26-27-57(49)45(56)63)42(61)65-36(31-20-12-6-13-21-31)32-22-14-7-15-23-32/h4-23,34-36,40H,24-28,49H2,1-3H3,(H,50,58)(H,51,52,54,62)/b53-33-/t34-,40-,48-/m1/s1. The lowest BCUT2D eigenvalue weighted by Crippen LogP contribution is -2.68. The topological polar surface area (TPSA) is 237 Å². The van der Waals surface area contributed by atoms with Crippen LogP contribution in [0.15, 0.2) is 126 Å². The number of carbonyl (C=O) groups is 6. The first-order valence-corrected chi connectivity index (χ1v) is 23.7. The number of thioether (sulfide) groups is 1. The van der Waals surface area contributed by atoms with Gasteiger partial charge >= 0.3 is 24.1 Å². The number of oxime groups is 1. The van der Waals surface area contributed by atoms with Gasteiger partial charge in [-0.3, -0.25) is 24.8 Å². The summed E-state index contributed by atoms with van der Waals surface area (Å²) in [5, 5.41) is 9.41. The van der Waals surface area contributed by atoms with Crippen molar-refractivity contribution in [3.63, 3.8) is 0 Å². The number of aromatic nitrogens is 2. The predicted octanol–water partition coefficient (Wildman–Crippen LogP) is 5.51. The molecule has 0 bridgehead atoms. The van der Waals surface area contributed by atoms with Crippen molar-refractivity contribution in [2.24, 2.45) is 11.0 Å². The zero-order valence-electron chi connectivity index (χ0n) is 37.6. The maximum absolute atomic E-state index is 14.8. The van der Waals surface area contributed by atoms with E-state index in [-0.39, 0.29) is 43.4 Å². The van der Waals surface area contributed by atoms with Crippen LogP contribution >= 0.6 is 23.3 Å². The van der Waals surface area contributed by atoms with Crippen molar-refractivity contribution in [3.05, 3.63) is 149 Å². The number of nitrogens with zero attached hydrogens (tertiary/aromatic N) is 6. The summed E-state index contributed by atoms with van der Waals surface area (Å²) >= 11 is 1.70. The van der Waals surface area contributed by atoms with E-state index in [0.29, 0.717) is 11.1 Å². The van der Waals surface area contributed by atoms with Gasteiger partial charge in [0.2, 0.25) is 33.0 Å². The quantitative estimate of drug-likeness (QED) is 0.0223. The SMILES string of the molecule is CC(C)(C)OC(=O)Nc1nc(/C(=N/OC2(C(=O)OC(c3ccccc3)c3ccccc3)CC2)C(=O)N[C@@H]2C(=O)N3C[C@@](C(=O)OC(c4ccccc4)c4ccccc4)(N4CCN(N)C4=O)S[C@H]23)ns1. The second-order valence-corrected chi connectivity index (χ2v) is 19.8. The highest BCUT2D eigenvalue weighted by molar-refractivity contribution is 8.02. The minimum absolute atomic E-state index is 0.0511. The highest BCUT2D eigenvalue weighted by Gasteiger charge is 2.67. The number of carbonyl (C=O) groups excluding carboxylic acids is 6. The van der Waals surface area contributed by atoms with Gasteiger partial charge in [-0.1, -0.05) is 138 Å². The molecule has 0 spiro atoms. The van der Waals surface area contributed by atoms with Crippen LogP contribution in [0.3, 0.4) is 0 Å². The molecule has 0 unspecified atom stereocenters. The molecule has 3 atom stereocenters. The van der Waals surface area contributed by atoms with Crippen LogP contribution in [0.4, 0.5) is 14.7 Å². The van der Waals surface area contributed by atoms with Crippen LogP contribution in [0, 0.1) is 0 Å². The van der Waals surface area contributed by atoms with Gasteiger partial charge in [-0.25, -0.2) is 25.0 Å². The number of rotatable bonds is 15. The van der Waals surface area contributed by atoms with E-state index in [1.54, 1.807) is 20.8 Å². The summed E-state index contributed by atoms with van der Waals surface area (Å²) in [6.07, 6.45) is -2.09. The van der Waals surface area contributed by atoms with Crippen molar-refractivity contribution in [2.75, 3.05) is 25.0 Å². The molecule has 5 amide bonds. The molecule has 356 valence electrons. The lowest BCUT2D eigenvalue weighted by Gasteiger charge is -2.41. The number of esters is 2. The van der Waals surface area contributed by atoms with E-state index in [0.717, 1.165) is 39.4 Å². The van der Waals surface area contributed by atoms with Gasteiger partial charge < -0.3 is 29.3 Å². The molecule has 4 fully saturated rings. The summed E-state index contributed by atoms with van der Waals surface area (Å²) in [4.78, 5) is 94.7. The van der Waals surface area contributed by atoms with E-state index in [2.05, 4.69) is 25.1 Å². The third-order valence-corrected chi connectivity index (χ3v) is 13.9. The zero-order valence-corrected chi connectivity index (χ0v) is 39.2. The molecule has 1 saturated carbocycles. The first-order valence-electron chi connectivity index (χ1n) is 22.0. The average molecular weight is 974 g/mol. The Hall–Kier alpha value is -7.36. The molecule has 1 aromatic heterocycles.